The van der Waals surface area contributed by atoms with Crippen molar-refractivity contribution in [3.63, 3.8) is 0 Å². The van der Waals surface area contributed by atoms with Gasteiger partial charge in [-0.15, -0.1) is 0 Å². The Morgan fingerprint density at radius 3 is 2.68 bits per heavy atom. The van der Waals surface area contributed by atoms with Gasteiger partial charge in [0.05, 0.1) is 16.4 Å². The maximum Gasteiger partial charge on any atom is 0.207 e. The Morgan fingerprint density at radius 1 is 1.32 bits per heavy atom. The first-order valence-electron chi connectivity index (χ1n) is 6.52. The largest absolute Gasteiger partial charge is 0.324 e. The number of aromatic nitrogens is 2. The number of nitrogens with one attached hydrogen (secondary N) is 1. The van der Waals surface area contributed by atoms with E-state index in [1.54, 1.807) is 0 Å². The maximum absolute atomic E-state index is 6.24. The third kappa shape index (κ3) is 3.51. The van der Waals surface area contributed by atoms with Gasteiger partial charge in [-0.05, 0) is 37.5 Å². The number of benzene rings is 1. The molecule has 1 heterocycles. The molecule has 2 aromatic rings. The van der Waals surface area contributed by atoms with E-state index in [2.05, 4.69) is 34.9 Å². The van der Waals surface area contributed by atoms with Crippen LogP contribution in [0, 0.1) is 19.8 Å². The van der Waals surface area contributed by atoms with Gasteiger partial charge < -0.3 is 9.88 Å². The number of aryl methyl sites for hydroxylation is 2. The van der Waals surface area contributed by atoms with E-state index < -0.39 is 0 Å². The lowest BCUT2D eigenvalue weighted by atomic mass is 10.2. The average Bonchev–Trinajstić information content (AvgIpc) is 2.62. The molecule has 1 N–H and O–H groups in total. The van der Waals surface area contributed by atoms with E-state index in [-0.39, 0.29) is 0 Å². The number of imidazole rings is 1. The van der Waals surface area contributed by atoms with Crippen LogP contribution in [0.4, 0.5) is 11.6 Å². The van der Waals surface area contributed by atoms with Crippen LogP contribution in [0.25, 0.3) is 0 Å². The molecule has 0 amide bonds. The summed E-state index contributed by atoms with van der Waals surface area (Å²) in [5.74, 6) is 1.42. The van der Waals surface area contributed by atoms with E-state index in [0.717, 1.165) is 34.5 Å². The van der Waals surface area contributed by atoms with Gasteiger partial charge in [0.2, 0.25) is 5.95 Å². The predicted octanol–water partition coefficient (Wildman–Crippen LogP) is 4.55. The van der Waals surface area contributed by atoms with Crippen molar-refractivity contribution in [3.8, 4) is 0 Å². The van der Waals surface area contributed by atoms with Gasteiger partial charge in [-0.2, -0.15) is 0 Å². The molecule has 0 spiro atoms. The number of halogens is 1. The zero-order valence-electron chi connectivity index (χ0n) is 11.9. The van der Waals surface area contributed by atoms with E-state index in [1.165, 1.54) is 0 Å². The summed E-state index contributed by atoms with van der Waals surface area (Å²) < 4.78 is 2.14. The zero-order valence-corrected chi connectivity index (χ0v) is 12.6. The maximum atomic E-state index is 6.24. The number of nitrogens with zero attached hydrogens (tertiary/aromatic N) is 2. The first kappa shape index (κ1) is 13.9. The van der Waals surface area contributed by atoms with Crippen molar-refractivity contribution in [1.29, 1.82) is 0 Å². The van der Waals surface area contributed by atoms with E-state index in [9.17, 15) is 0 Å². The molecule has 2 rings (SSSR count). The summed E-state index contributed by atoms with van der Waals surface area (Å²) >= 11 is 6.24. The molecule has 0 saturated heterocycles. The highest BCUT2D eigenvalue weighted by molar-refractivity contribution is 6.33. The van der Waals surface area contributed by atoms with Crippen molar-refractivity contribution in [3.05, 3.63) is 40.7 Å². The molecule has 0 bridgehead atoms. The second kappa shape index (κ2) is 5.66. The third-order valence-electron chi connectivity index (χ3n) is 2.83. The zero-order chi connectivity index (χ0) is 14.0. The SMILES string of the molecule is Cc1ccc(Nc2nc(C)cn2CC(C)C)c(Cl)c1. The topological polar surface area (TPSA) is 29.9 Å². The van der Waals surface area contributed by atoms with Crippen molar-refractivity contribution in [2.45, 2.75) is 34.2 Å². The molecule has 1 aromatic carbocycles. The van der Waals surface area contributed by atoms with Crippen molar-refractivity contribution in [1.82, 2.24) is 9.55 Å². The lowest BCUT2D eigenvalue weighted by molar-refractivity contribution is 0.527. The number of anilines is 2. The fourth-order valence-corrected chi connectivity index (χ4v) is 2.30. The molecule has 19 heavy (non-hydrogen) atoms. The van der Waals surface area contributed by atoms with Gasteiger partial charge in [-0.1, -0.05) is 31.5 Å². The molecule has 0 radical (unpaired) electrons. The Labute approximate surface area is 119 Å². The summed E-state index contributed by atoms with van der Waals surface area (Å²) in [4.78, 5) is 4.52. The highest BCUT2D eigenvalue weighted by atomic mass is 35.5. The summed E-state index contributed by atoms with van der Waals surface area (Å²) in [5, 5.41) is 4.03. The van der Waals surface area contributed by atoms with Gasteiger partial charge in [0.1, 0.15) is 0 Å². The first-order chi connectivity index (χ1) is 8.95. The Hall–Kier alpha value is -1.48. The van der Waals surface area contributed by atoms with Gasteiger partial charge in [-0.3, -0.25) is 0 Å². The molecular weight excluding hydrogens is 258 g/mol. The third-order valence-corrected chi connectivity index (χ3v) is 3.14. The standard InChI is InChI=1S/C15H20ClN3/c1-10(2)8-19-9-12(4)17-15(19)18-14-6-5-11(3)7-13(14)16/h5-7,9-10H,8H2,1-4H3,(H,17,18). The van der Waals surface area contributed by atoms with Gasteiger partial charge in [0.15, 0.2) is 0 Å². The van der Waals surface area contributed by atoms with Crippen LogP contribution in [0.15, 0.2) is 24.4 Å². The minimum atomic E-state index is 0.572. The first-order valence-corrected chi connectivity index (χ1v) is 6.90. The Kier molecular flexibility index (Phi) is 4.15. The molecule has 0 aliphatic carbocycles. The van der Waals surface area contributed by atoms with E-state index in [4.69, 9.17) is 11.6 Å². The lowest BCUT2D eigenvalue weighted by Gasteiger charge is -2.12. The van der Waals surface area contributed by atoms with Crippen LogP contribution in [0.2, 0.25) is 5.02 Å². The summed E-state index contributed by atoms with van der Waals surface area (Å²) in [7, 11) is 0. The van der Waals surface area contributed by atoms with Crippen molar-refractivity contribution >= 4 is 23.2 Å². The Bertz CT molecular complexity index is 573. The summed E-state index contributed by atoms with van der Waals surface area (Å²) in [5.41, 5.74) is 3.05. The molecule has 3 nitrogen and oxygen atoms in total. The van der Waals surface area contributed by atoms with Crippen LogP contribution in [-0.4, -0.2) is 9.55 Å². The van der Waals surface area contributed by atoms with Gasteiger partial charge in [0, 0.05) is 12.7 Å². The molecule has 102 valence electrons. The summed E-state index contributed by atoms with van der Waals surface area (Å²) in [6, 6.07) is 5.98. The molecule has 0 fully saturated rings. The molecule has 0 saturated carbocycles. The fourth-order valence-electron chi connectivity index (χ4n) is 2.02. The minimum Gasteiger partial charge on any atom is -0.324 e. The predicted molar refractivity (Wildman–Crippen MR) is 81.3 cm³/mol. The molecule has 0 unspecified atom stereocenters. The van der Waals surface area contributed by atoms with E-state index in [0.29, 0.717) is 5.92 Å². The van der Waals surface area contributed by atoms with Crippen LogP contribution >= 0.6 is 11.6 Å². The normalized spacial score (nSPS) is 11.1. The smallest absolute Gasteiger partial charge is 0.207 e. The van der Waals surface area contributed by atoms with Crippen LogP contribution < -0.4 is 5.32 Å². The van der Waals surface area contributed by atoms with Crippen LogP contribution in [-0.2, 0) is 6.54 Å². The molecule has 4 heteroatoms. The van der Waals surface area contributed by atoms with Crippen molar-refractivity contribution < 1.29 is 0 Å². The highest BCUT2D eigenvalue weighted by Crippen LogP contribution is 2.26. The molecule has 1 aromatic heterocycles. The highest BCUT2D eigenvalue weighted by Gasteiger charge is 2.09. The number of hydrogen-bond donors (Lipinski definition) is 1. The van der Waals surface area contributed by atoms with E-state index >= 15 is 0 Å². The second-order valence-electron chi connectivity index (χ2n) is 5.36. The van der Waals surface area contributed by atoms with Crippen molar-refractivity contribution in [2.24, 2.45) is 5.92 Å². The number of hydrogen-bond acceptors (Lipinski definition) is 2. The molecule has 0 atom stereocenters. The van der Waals surface area contributed by atoms with Crippen LogP contribution in [0.5, 0.6) is 0 Å². The average molecular weight is 278 g/mol. The molecular formula is C15H20ClN3. The van der Waals surface area contributed by atoms with Gasteiger partial charge in [0.25, 0.3) is 0 Å². The van der Waals surface area contributed by atoms with Gasteiger partial charge in [-0.25, -0.2) is 4.98 Å². The van der Waals surface area contributed by atoms with Crippen LogP contribution in [0.3, 0.4) is 0 Å². The van der Waals surface area contributed by atoms with Gasteiger partial charge >= 0.3 is 0 Å². The molecule has 0 aliphatic rings. The molecule has 0 aliphatic heterocycles. The Balaban J connectivity index is 2.27. The van der Waals surface area contributed by atoms with Crippen molar-refractivity contribution in [2.75, 3.05) is 5.32 Å². The summed E-state index contributed by atoms with van der Waals surface area (Å²) in [6.07, 6.45) is 2.06. The van der Waals surface area contributed by atoms with E-state index in [1.807, 2.05) is 32.0 Å². The second-order valence-corrected chi connectivity index (χ2v) is 5.77. The monoisotopic (exact) mass is 277 g/mol. The minimum absolute atomic E-state index is 0.572. The lowest BCUT2D eigenvalue weighted by Crippen LogP contribution is -2.07. The van der Waals surface area contributed by atoms with Crippen LogP contribution in [0.1, 0.15) is 25.1 Å². The quantitative estimate of drug-likeness (QED) is 0.888. The summed E-state index contributed by atoms with van der Waals surface area (Å²) in [6.45, 7) is 9.35. The Morgan fingerprint density at radius 2 is 2.05 bits per heavy atom. The number of rotatable bonds is 4. The fraction of sp³-hybridized carbons (Fsp3) is 0.400.